The third-order valence-electron chi connectivity index (χ3n) is 5.01. The van der Waals surface area contributed by atoms with E-state index in [-0.39, 0.29) is 36.6 Å². The fraction of sp³-hybridized carbons (Fsp3) is 0.304. The molecular formula is C23H24FNO4. The van der Waals surface area contributed by atoms with Crippen LogP contribution in [0.15, 0.2) is 60.3 Å². The van der Waals surface area contributed by atoms with E-state index in [0.29, 0.717) is 0 Å². The largest absolute Gasteiger partial charge is 0.490 e. The van der Waals surface area contributed by atoms with Crippen molar-refractivity contribution in [1.29, 1.82) is 0 Å². The molecule has 2 aromatic rings. The van der Waals surface area contributed by atoms with E-state index in [1.54, 1.807) is 12.1 Å². The lowest BCUT2D eigenvalue weighted by molar-refractivity contribution is -0.147. The van der Waals surface area contributed by atoms with Gasteiger partial charge in [-0.2, -0.15) is 0 Å². The van der Waals surface area contributed by atoms with Gasteiger partial charge in [-0.3, -0.25) is 9.59 Å². The van der Waals surface area contributed by atoms with Gasteiger partial charge in [-0.25, -0.2) is 4.39 Å². The third kappa shape index (κ3) is 4.47. The minimum atomic E-state index is -0.574. The van der Waals surface area contributed by atoms with E-state index < -0.39 is 11.8 Å². The number of allylic oxidation sites excluding steroid dienone is 1. The van der Waals surface area contributed by atoms with Gasteiger partial charge < -0.3 is 14.4 Å². The molecule has 2 aromatic carbocycles. The molecule has 0 radical (unpaired) electrons. The van der Waals surface area contributed by atoms with Gasteiger partial charge in [0.25, 0.3) is 0 Å². The number of benzene rings is 2. The zero-order valence-electron chi connectivity index (χ0n) is 16.8. The van der Waals surface area contributed by atoms with Gasteiger partial charge in [0.2, 0.25) is 0 Å². The molecule has 6 heteroatoms. The number of fused-ring (bicyclic) bond motifs is 1. The molecule has 0 amide bonds. The summed E-state index contributed by atoms with van der Waals surface area (Å²) in [6.45, 7) is 3.74. The van der Waals surface area contributed by atoms with E-state index in [0.717, 1.165) is 16.9 Å². The molecular weight excluding hydrogens is 373 g/mol. The predicted octanol–water partition coefficient (Wildman–Crippen LogP) is 4.02. The topological polar surface area (TPSA) is 55.8 Å². The van der Waals surface area contributed by atoms with Crippen LogP contribution in [0.4, 0.5) is 10.1 Å². The number of halogens is 1. The highest BCUT2D eigenvalue weighted by atomic mass is 19.1. The first kappa shape index (κ1) is 20.6. The van der Waals surface area contributed by atoms with Crippen molar-refractivity contribution in [3.05, 3.63) is 71.7 Å². The van der Waals surface area contributed by atoms with Crippen LogP contribution in [0, 0.1) is 5.82 Å². The molecule has 0 fully saturated rings. The molecule has 0 saturated carbocycles. The number of para-hydroxylation sites is 2. The van der Waals surface area contributed by atoms with Crippen LogP contribution >= 0.6 is 0 Å². The zero-order chi connectivity index (χ0) is 21.0. The lowest BCUT2D eigenvalue weighted by Gasteiger charge is -2.23. The second-order valence-corrected chi connectivity index (χ2v) is 7.39. The molecule has 1 aliphatic heterocycles. The number of hydrogen-bond acceptors (Lipinski definition) is 5. The molecule has 29 heavy (non-hydrogen) atoms. The number of nitrogens with zero attached hydrogens (tertiary/aromatic N) is 1. The Morgan fingerprint density at radius 1 is 1.10 bits per heavy atom. The summed E-state index contributed by atoms with van der Waals surface area (Å²) in [6, 6.07) is 13.9. The van der Waals surface area contributed by atoms with Gasteiger partial charge in [0, 0.05) is 29.9 Å². The van der Waals surface area contributed by atoms with E-state index in [4.69, 9.17) is 9.47 Å². The van der Waals surface area contributed by atoms with Crippen molar-refractivity contribution in [2.75, 3.05) is 25.2 Å². The molecule has 1 aliphatic rings. The zero-order valence-corrected chi connectivity index (χ0v) is 16.8. The fourth-order valence-corrected chi connectivity index (χ4v) is 3.48. The molecule has 3 rings (SSSR count). The normalized spacial score (nSPS) is 15.9. The predicted molar refractivity (Wildman–Crippen MR) is 108 cm³/mol. The third-order valence-corrected chi connectivity index (χ3v) is 5.01. The van der Waals surface area contributed by atoms with Crippen LogP contribution in [0.3, 0.4) is 0 Å². The Balaban J connectivity index is 1.52. The number of carbonyl (C=O) groups excluding carboxylic acids is 2. The highest BCUT2D eigenvalue weighted by molar-refractivity contribution is 5.94. The molecule has 0 unspecified atom stereocenters. The summed E-state index contributed by atoms with van der Waals surface area (Å²) in [5, 5.41) is 0. The quantitative estimate of drug-likeness (QED) is 0.522. The van der Waals surface area contributed by atoms with Gasteiger partial charge in [0.05, 0.1) is 13.0 Å². The molecule has 0 saturated heterocycles. The number of esters is 1. The summed E-state index contributed by atoms with van der Waals surface area (Å²) in [6.07, 6.45) is 1.46. The van der Waals surface area contributed by atoms with Gasteiger partial charge in [0.15, 0.2) is 24.0 Å². The number of ketones is 1. The maximum atomic E-state index is 13.5. The van der Waals surface area contributed by atoms with Gasteiger partial charge in [-0.15, -0.1) is 0 Å². The van der Waals surface area contributed by atoms with Crippen LogP contribution in [0.1, 0.15) is 25.8 Å². The molecule has 0 atom stereocenters. The maximum Gasteiger partial charge on any atom is 0.309 e. The molecule has 0 aliphatic carbocycles. The maximum absolute atomic E-state index is 13.5. The second-order valence-electron chi connectivity index (χ2n) is 7.39. The molecule has 0 bridgehead atoms. The van der Waals surface area contributed by atoms with Crippen LogP contribution in [-0.4, -0.2) is 32.0 Å². The Morgan fingerprint density at radius 2 is 1.79 bits per heavy atom. The second kappa shape index (κ2) is 8.47. The fourth-order valence-electron chi connectivity index (χ4n) is 3.48. The molecule has 0 N–H and O–H groups in total. The Labute approximate surface area is 169 Å². The van der Waals surface area contributed by atoms with Gasteiger partial charge >= 0.3 is 5.97 Å². The number of carbonyl (C=O) groups is 2. The summed E-state index contributed by atoms with van der Waals surface area (Å²) in [5.41, 5.74) is 2.73. The smallest absolute Gasteiger partial charge is 0.309 e. The van der Waals surface area contributed by atoms with Crippen molar-refractivity contribution < 1.29 is 23.5 Å². The van der Waals surface area contributed by atoms with E-state index in [1.807, 2.05) is 36.2 Å². The average molecular weight is 397 g/mol. The van der Waals surface area contributed by atoms with Gasteiger partial charge in [0.1, 0.15) is 0 Å². The van der Waals surface area contributed by atoms with E-state index in [9.17, 15) is 14.0 Å². The number of anilines is 1. The molecule has 0 spiro atoms. The first-order valence-electron chi connectivity index (χ1n) is 9.42. The minimum Gasteiger partial charge on any atom is -0.490 e. The monoisotopic (exact) mass is 397 g/mol. The first-order valence-corrected chi connectivity index (χ1v) is 9.42. The number of rotatable bonds is 7. The van der Waals surface area contributed by atoms with E-state index in [1.165, 1.54) is 18.2 Å². The average Bonchev–Trinajstić information content (AvgIpc) is 2.89. The van der Waals surface area contributed by atoms with E-state index in [2.05, 4.69) is 13.8 Å². The lowest BCUT2D eigenvalue weighted by Crippen LogP contribution is -2.25. The Kier molecular flexibility index (Phi) is 6.01. The van der Waals surface area contributed by atoms with Crippen LogP contribution in [-0.2, 0) is 19.7 Å². The Bertz CT molecular complexity index is 951. The summed E-state index contributed by atoms with van der Waals surface area (Å²) in [5.74, 6) is -1.29. The van der Waals surface area contributed by atoms with Gasteiger partial charge in [-0.1, -0.05) is 44.2 Å². The molecule has 5 nitrogen and oxygen atoms in total. The minimum absolute atomic E-state index is 0.0277. The standard InChI is InChI=1S/C23H24FNO4/c1-23(2)17-8-4-6-10-19(17)25(3)21(23)14-16(26)15-29-22(27)12-13-28-20-11-7-5-9-18(20)24/h4-11,14H,12-13,15H2,1-3H3. The number of hydrogen-bond donors (Lipinski definition) is 0. The van der Waals surface area contributed by atoms with Crippen LogP contribution in [0.5, 0.6) is 5.75 Å². The van der Waals surface area contributed by atoms with Crippen molar-refractivity contribution in [3.63, 3.8) is 0 Å². The summed E-state index contributed by atoms with van der Waals surface area (Å²) < 4.78 is 23.7. The molecule has 1 heterocycles. The van der Waals surface area contributed by atoms with Crippen LogP contribution in [0.2, 0.25) is 0 Å². The summed E-state index contributed by atoms with van der Waals surface area (Å²) in [7, 11) is 1.92. The Hall–Kier alpha value is -3.15. The number of likely N-dealkylation sites (N-methyl/N-ethyl adjacent to an activating group) is 1. The van der Waals surface area contributed by atoms with Crippen LogP contribution < -0.4 is 9.64 Å². The van der Waals surface area contributed by atoms with Crippen LogP contribution in [0.25, 0.3) is 0 Å². The van der Waals surface area contributed by atoms with Gasteiger partial charge in [-0.05, 0) is 23.8 Å². The number of ether oxygens (including phenoxy) is 2. The first-order chi connectivity index (χ1) is 13.8. The van der Waals surface area contributed by atoms with Crippen molar-refractivity contribution in [3.8, 4) is 5.75 Å². The Morgan fingerprint density at radius 3 is 2.52 bits per heavy atom. The molecule has 152 valence electrons. The van der Waals surface area contributed by atoms with Crippen molar-refractivity contribution in [2.45, 2.75) is 25.7 Å². The van der Waals surface area contributed by atoms with Crippen molar-refractivity contribution in [2.24, 2.45) is 0 Å². The van der Waals surface area contributed by atoms with Crippen molar-refractivity contribution in [1.82, 2.24) is 0 Å². The summed E-state index contributed by atoms with van der Waals surface area (Å²) in [4.78, 5) is 26.2. The summed E-state index contributed by atoms with van der Waals surface area (Å²) >= 11 is 0. The van der Waals surface area contributed by atoms with E-state index >= 15 is 0 Å². The highest BCUT2D eigenvalue weighted by Crippen LogP contribution is 2.46. The van der Waals surface area contributed by atoms with Crippen molar-refractivity contribution >= 4 is 17.4 Å². The lowest BCUT2D eigenvalue weighted by atomic mass is 9.83. The SMILES string of the molecule is CN1C(=CC(=O)COC(=O)CCOc2ccccc2F)C(C)(C)c2ccccc21. The molecule has 0 aromatic heterocycles. The highest BCUT2D eigenvalue weighted by Gasteiger charge is 2.38.